The smallest absolute Gasteiger partial charge is 0.329 e. The molecule has 1 aliphatic rings. The Balaban J connectivity index is 2.01. The highest BCUT2D eigenvalue weighted by molar-refractivity contribution is 6.14. The van der Waals surface area contributed by atoms with Gasteiger partial charge in [-0.1, -0.05) is 25.1 Å². The van der Waals surface area contributed by atoms with E-state index in [4.69, 9.17) is 4.74 Å². The lowest BCUT2D eigenvalue weighted by Gasteiger charge is -2.08. The number of carbonyl (C=O) groups excluding carboxylic acids is 3. The molecule has 7 heteroatoms. The number of imide groups is 1. The molecule has 1 N–H and O–H groups in total. The van der Waals surface area contributed by atoms with E-state index < -0.39 is 6.03 Å². The molecule has 0 saturated carbocycles. The minimum absolute atomic E-state index is 0.0719. The predicted octanol–water partition coefficient (Wildman–Crippen LogP) is 2.12. The number of carbonyl (C=O) groups is 3. The van der Waals surface area contributed by atoms with Crippen LogP contribution in [0.4, 0.5) is 4.79 Å². The number of rotatable bonds is 5. The molecule has 1 fully saturated rings. The number of hydrogen-bond donors (Lipinski definition) is 1. The Morgan fingerprint density at radius 2 is 2.04 bits per heavy atom. The van der Waals surface area contributed by atoms with Crippen molar-refractivity contribution in [3.05, 3.63) is 41.7 Å². The molecule has 3 rings (SSSR count). The first-order valence-electron chi connectivity index (χ1n) is 8.04. The second-order valence-electron chi connectivity index (χ2n) is 5.75. The molecule has 25 heavy (non-hydrogen) atoms. The second-order valence-corrected chi connectivity index (χ2v) is 5.75. The van der Waals surface area contributed by atoms with Crippen LogP contribution in [-0.4, -0.2) is 41.0 Å². The molecule has 130 valence electrons. The number of benzene rings is 1. The van der Waals surface area contributed by atoms with Crippen molar-refractivity contribution >= 4 is 34.9 Å². The lowest BCUT2D eigenvalue weighted by Crippen LogP contribution is -2.31. The SMILES string of the molecule is CCCN1C(=O)N/C(=C/c2cn(CC(=O)OC)c3ccccc23)C1=O. The number of nitrogens with one attached hydrogen (secondary N) is 1. The molecule has 3 amide bonds. The van der Waals surface area contributed by atoms with Gasteiger partial charge in [0.15, 0.2) is 0 Å². The van der Waals surface area contributed by atoms with Crippen molar-refractivity contribution in [3.8, 4) is 0 Å². The first-order valence-corrected chi connectivity index (χ1v) is 8.04. The maximum Gasteiger partial charge on any atom is 0.329 e. The fraction of sp³-hybridized carbons (Fsp3) is 0.278. The molecule has 2 aromatic rings. The van der Waals surface area contributed by atoms with Crippen LogP contribution < -0.4 is 5.32 Å². The third-order valence-electron chi connectivity index (χ3n) is 4.06. The minimum Gasteiger partial charge on any atom is -0.468 e. The van der Waals surface area contributed by atoms with E-state index in [1.165, 1.54) is 12.0 Å². The maximum atomic E-state index is 12.4. The zero-order valence-corrected chi connectivity index (χ0v) is 14.1. The summed E-state index contributed by atoms with van der Waals surface area (Å²) in [6.07, 6.45) is 4.12. The van der Waals surface area contributed by atoms with E-state index in [-0.39, 0.29) is 24.1 Å². The van der Waals surface area contributed by atoms with Crippen LogP contribution in [0.15, 0.2) is 36.2 Å². The number of aromatic nitrogens is 1. The summed E-state index contributed by atoms with van der Waals surface area (Å²) in [5, 5.41) is 3.49. The van der Waals surface area contributed by atoms with Gasteiger partial charge in [-0.25, -0.2) is 4.79 Å². The van der Waals surface area contributed by atoms with Crippen LogP contribution in [0.5, 0.6) is 0 Å². The molecule has 0 bridgehead atoms. The Morgan fingerprint density at radius 3 is 2.76 bits per heavy atom. The normalized spacial score (nSPS) is 15.9. The zero-order chi connectivity index (χ0) is 18.0. The maximum absolute atomic E-state index is 12.4. The molecular formula is C18H19N3O4. The standard InChI is InChI=1S/C18H19N3O4/c1-3-8-21-17(23)14(19-18(21)24)9-12-10-20(11-16(22)25-2)15-7-5-4-6-13(12)15/h4-7,9-10H,3,8,11H2,1-2H3,(H,19,24)/b14-9+. The van der Waals surface area contributed by atoms with E-state index in [0.717, 1.165) is 16.5 Å². The van der Waals surface area contributed by atoms with Gasteiger partial charge in [0, 0.05) is 29.2 Å². The first kappa shape index (κ1) is 16.8. The second kappa shape index (κ2) is 6.80. The van der Waals surface area contributed by atoms with Gasteiger partial charge in [0.25, 0.3) is 5.91 Å². The zero-order valence-electron chi connectivity index (χ0n) is 14.1. The number of ether oxygens (including phenoxy) is 1. The minimum atomic E-state index is -0.406. The Kier molecular flexibility index (Phi) is 4.56. The summed E-state index contributed by atoms with van der Waals surface area (Å²) in [7, 11) is 1.34. The monoisotopic (exact) mass is 341 g/mol. The quantitative estimate of drug-likeness (QED) is 0.513. The van der Waals surface area contributed by atoms with Crippen molar-refractivity contribution in [2.24, 2.45) is 0 Å². The molecule has 0 atom stereocenters. The molecule has 0 unspecified atom stereocenters. The van der Waals surface area contributed by atoms with Gasteiger partial charge in [-0.15, -0.1) is 0 Å². The van der Waals surface area contributed by atoms with Crippen LogP contribution >= 0.6 is 0 Å². The molecular weight excluding hydrogens is 322 g/mol. The highest BCUT2D eigenvalue weighted by Gasteiger charge is 2.32. The van der Waals surface area contributed by atoms with Gasteiger partial charge in [-0.2, -0.15) is 0 Å². The third-order valence-corrected chi connectivity index (χ3v) is 4.06. The average Bonchev–Trinajstić information content (AvgIpc) is 3.08. The van der Waals surface area contributed by atoms with Gasteiger partial charge in [-0.3, -0.25) is 14.5 Å². The van der Waals surface area contributed by atoms with Gasteiger partial charge >= 0.3 is 12.0 Å². The van der Waals surface area contributed by atoms with Crippen molar-refractivity contribution in [2.75, 3.05) is 13.7 Å². The molecule has 1 saturated heterocycles. The molecule has 7 nitrogen and oxygen atoms in total. The van der Waals surface area contributed by atoms with Crippen molar-refractivity contribution in [3.63, 3.8) is 0 Å². The number of esters is 1. The van der Waals surface area contributed by atoms with Crippen LogP contribution in [0.3, 0.4) is 0 Å². The Morgan fingerprint density at radius 1 is 1.28 bits per heavy atom. The number of para-hydroxylation sites is 1. The number of methoxy groups -OCH3 is 1. The largest absolute Gasteiger partial charge is 0.468 e. The molecule has 1 aliphatic heterocycles. The summed E-state index contributed by atoms with van der Waals surface area (Å²) in [5.74, 6) is -0.698. The van der Waals surface area contributed by atoms with Crippen LogP contribution in [0.2, 0.25) is 0 Å². The van der Waals surface area contributed by atoms with Crippen molar-refractivity contribution in [1.29, 1.82) is 0 Å². The van der Waals surface area contributed by atoms with Crippen LogP contribution in [-0.2, 0) is 20.9 Å². The van der Waals surface area contributed by atoms with E-state index in [0.29, 0.717) is 13.0 Å². The third kappa shape index (κ3) is 3.13. The average molecular weight is 341 g/mol. The highest BCUT2D eigenvalue weighted by atomic mass is 16.5. The van der Waals surface area contributed by atoms with Crippen LogP contribution in [0.1, 0.15) is 18.9 Å². The fourth-order valence-electron chi connectivity index (χ4n) is 2.88. The first-order chi connectivity index (χ1) is 12.0. The number of nitrogens with zero attached hydrogens (tertiary/aromatic N) is 2. The molecule has 0 radical (unpaired) electrons. The summed E-state index contributed by atoms with van der Waals surface area (Å²) in [6.45, 7) is 2.36. The van der Waals surface area contributed by atoms with Crippen molar-refractivity contribution < 1.29 is 19.1 Å². The van der Waals surface area contributed by atoms with Gasteiger partial charge in [0.1, 0.15) is 12.2 Å². The van der Waals surface area contributed by atoms with E-state index in [9.17, 15) is 14.4 Å². The number of fused-ring (bicyclic) bond motifs is 1. The van der Waals surface area contributed by atoms with Crippen molar-refractivity contribution in [2.45, 2.75) is 19.9 Å². The van der Waals surface area contributed by atoms with Gasteiger partial charge in [0.05, 0.1) is 7.11 Å². The molecule has 0 aliphatic carbocycles. The number of amides is 3. The van der Waals surface area contributed by atoms with Gasteiger partial charge < -0.3 is 14.6 Å². The summed E-state index contributed by atoms with van der Waals surface area (Å²) in [5.41, 5.74) is 1.84. The van der Waals surface area contributed by atoms with Gasteiger partial charge in [0.2, 0.25) is 0 Å². The lowest BCUT2D eigenvalue weighted by molar-refractivity contribution is -0.141. The summed E-state index contributed by atoms with van der Waals surface area (Å²) in [4.78, 5) is 37.1. The van der Waals surface area contributed by atoms with Crippen LogP contribution in [0.25, 0.3) is 17.0 Å². The number of urea groups is 1. The highest BCUT2D eigenvalue weighted by Crippen LogP contribution is 2.24. The lowest BCUT2D eigenvalue weighted by atomic mass is 10.1. The van der Waals surface area contributed by atoms with E-state index in [1.54, 1.807) is 16.8 Å². The molecule has 0 spiro atoms. The van der Waals surface area contributed by atoms with E-state index in [2.05, 4.69) is 5.32 Å². The summed E-state index contributed by atoms with van der Waals surface area (Å²) >= 11 is 0. The Hall–Kier alpha value is -3.09. The number of hydrogen-bond acceptors (Lipinski definition) is 4. The van der Waals surface area contributed by atoms with Gasteiger partial charge in [-0.05, 0) is 18.6 Å². The summed E-state index contributed by atoms with van der Waals surface area (Å²) < 4.78 is 6.49. The molecule has 2 heterocycles. The summed E-state index contributed by atoms with van der Waals surface area (Å²) in [6, 6.07) is 7.14. The van der Waals surface area contributed by atoms with Crippen LogP contribution in [0, 0.1) is 0 Å². The molecule has 1 aromatic carbocycles. The Labute approximate surface area is 144 Å². The molecule has 1 aromatic heterocycles. The van der Waals surface area contributed by atoms with E-state index in [1.807, 2.05) is 31.2 Å². The Bertz CT molecular complexity index is 882. The topological polar surface area (TPSA) is 80.6 Å². The predicted molar refractivity (Wildman–Crippen MR) is 92.5 cm³/mol. The van der Waals surface area contributed by atoms with E-state index >= 15 is 0 Å². The fourth-order valence-corrected chi connectivity index (χ4v) is 2.88. The van der Waals surface area contributed by atoms with Crippen molar-refractivity contribution in [1.82, 2.24) is 14.8 Å².